The van der Waals surface area contributed by atoms with Crippen LogP contribution in [0.2, 0.25) is 0 Å². The van der Waals surface area contributed by atoms with E-state index in [0.717, 1.165) is 37.8 Å². The molecule has 0 unspecified atom stereocenters. The van der Waals surface area contributed by atoms with Crippen molar-refractivity contribution in [2.75, 3.05) is 18.9 Å². The Kier molecular flexibility index (Phi) is 5.13. The van der Waals surface area contributed by atoms with E-state index in [4.69, 9.17) is 10.5 Å². The van der Waals surface area contributed by atoms with Gasteiger partial charge >= 0.3 is 0 Å². The Morgan fingerprint density at radius 1 is 1.29 bits per heavy atom. The number of hydrogen-bond donors (Lipinski definition) is 2. The maximum Gasteiger partial charge on any atom is 0.243 e. The molecule has 0 atom stereocenters. The summed E-state index contributed by atoms with van der Waals surface area (Å²) in [5, 5.41) is 0. The monoisotopic (exact) mass is 320 g/mol. The minimum absolute atomic E-state index is 0.0234. The van der Waals surface area contributed by atoms with Crippen LogP contribution in [0.15, 0.2) is 17.0 Å². The molecule has 0 bridgehead atoms. The Balaban J connectivity index is 1.93. The van der Waals surface area contributed by atoms with Gasteiger partial charge in [-0.3, -0.25) is 0 Å². The van der Waals surface area contributed by atoms with Crippen molar-refractivity contribution in [3.63, 3.8) is 0 Å². The molecule has 2 rings (SSSR count). The number of ether oxygens (including phenoxy) is 1. The van der Waals surface area contributed by atoms with Gasteiger partial charge < -0.3 is 10.5 Å². The van der Waals surface area contributed by atoms with E-state index in [1.165, 1.54) is 0 Å². The zero-order chi connectivity index (χ0) is 15.5. The topological polar surface area (TPSA) is 81.4 Å². The number of nitrogens with one attached hydrogen (secondary N) is 1. The largest absolute Gasteiger partial charge is 0.394 e. The molecule has 1 aromatic carbocycles. The molecule has 1 aliphatic rings. The second kappa shape index (κ2) is 6.67. The number of benzene rings is 1. The smallest absolute Gasteiger partial charge is 0.243 e. The normalized spacial score (nSPS) is 16.5. The lowest BCUT2D eigenvalue weighted by Crippen LogP contribution is -2.29. The first-order chi connectivity index (χ1) is 9.92. The predicted octanol–water partition coefficient (Wildman–Crippen LogP) is 1.78. The van der Waals surface area contributed by atoms with Crippen LogP contribution < -0.4 is 10.5 Å². The Hall–Kier alpha value is -1.25. The van der Waals surface area contributed by atoms with Gasteiger partial charge in [-0.1, -0.05) is 12.8 Å². The molecule has 8 heteroatoms. The fraction of sp³-hybridized carbons (Fsp3) is 0.538. The van der Waals surface area contributed by atoms with Gasteiger partial charge in [0.05, 0.1) is 12.7 Å². The number of rotatable bonds is 6. The van der Waals surface area contributed by atoms with Crippen molar-refractivity contribution >= 4 is 15.7 Å². The lowest BCUT2D eigenvalue weighted by molar-refractivity contribution is 0.0626. The van der Waals surface area contributed by atoms with Gasteiger partial charge in [0.15, 0.2) is 5.82 Å². The zero-order valence-corrected chi connectivity index (χ0v) is 12.3. The summed E-state index contributed by atoms with van der Waals surface area (Å²) in [5.74, 6) is -2.27. The first-order valence-electron chi connectivity index (χ1n) is 6.76. The number of halogens is 2. The fourth-order valence-electron chi connectivity index (χ4n) is 2.29. The predicted molar refractivity (Wildman–Crippen MR) is 74.2 cm³/mol. The van der Waals surface area contributed by atoms with E-state index >= 15 is 0 Å². The van der Waals surface area contributed by atoms with Crippen molar-refractivity contribution in [1.82, 2.24) is 4.72 Å². The SMILES string of the molecule is Nc1c(F)ccc(S(=O)(=O)NCCOC2CCCC2)c1F. The standard InChI is InChI=1S/C13H18F2N2O3S/c14-10-5-6-11(12(15)13(10)16)21(18,19)17-7-8-20-9-3-1-2-4-9/h5-6,9,17H,1-4,7-8,16H2. The molecule has 0 spiro atoms. The molecule has 0 aromatic heterocycles. The average molecular weight is 320 g/mol. The molecule has 3 N–H and O–H groups in total. The Labute approximate surface area is 122 Å². The molecule has 0 heterocycles. The van der Waals surface area contributed by atoms with Crippen molar-refractivity contribution in [1.29, 1.82) is 0 Å². The van der Waals surface area contributed by atoms with Crippen LogP contribution in [0, 0.1) is 11.6 Å². The van der Waals surface area contributed by atoms with Crippen LogP contribution in [0.4, 0.5) is 14.5 Å². The molecule has 0 amide bonds. The van der Waals surface area contributed by atoms with Crippen LogP contribution in [0.1, 0.15) is 25.7 Å². The summed E-state index contributed by atoms with van der Waals surface area (Å²) in [6, 6.07) is 1.67. The van der Waals surface area contributed by atoms with Crippen LogP contribution >= 0.6 is 0 Å². The highest BCUT2D eigenvalue weighted by atomic mass is 32.2. The number of anilines is 1. The zero-order valence-electron chi connectivity index (χ0n) is 11.4. The Morgan fingerprint density at radius 3 is 2.62 bits per heavy atom. The number of sulfonamides is 1. The van der Waals surface area contributed by atoms with Gasteiger partial charge in [0.1, 0.15) is 16.4 Å². The molecule has 1 aliphatic carbocycles. The summed E-state index contributed by atoms with van der Waals surface area (Å²) in [4.78, 5) is -0.665. The van der Waals surface area contributed by atoms with E-state index in [0.29, 0.717) is 0 Å². The van der Waals surface area contributed by atoms with Crippen molar-refractivity contribution in [2.45, 2.75) is 36.7 Å². The van der Waals surface area contributed by atoms with E-state index in [1.54, 1.807) is 0 Å². The van der Waals surface area contributed by atoms with Crippen LogP contribution in [-0.4, -0.2) is 27.7 Å². The first kappa shape index (κ1) is 16.1. The minimum Gasteiger partial charge on any atom is -0.394 e. The van der Waals surface area contributed by atoms with Crippen LogP contribution in [0.5, 0.6) is 0 Å². The van der Waals surface area contributed by atoms with E-state index < -0.39 is 32.2 Å². The quantitative estimate of drug-likeness (QED) is 0.618. The van der Waals surface area contributed by atoms with Crippen LogP contribution in [-0.2, 0) is 14.8 Å². The number of nitrogen functional groups attached to an aromatic ring is 1. The summed E-state index contributed by atoms with van der Waals surface area (Å²) in [7, 11) is -4.08. The molecule has 0 aliphatic heterocycles. The second-order valence-corrected chi connectivity index (χ2v) is 6.68. The molecule has 1 fully saturated rings. The fourth-order valence-corrected chi connectivity index (χ4v) is 3.39. The van der Waals surface area contributed by atoms with Gasteiger partial charge in [0.25, 0.3) is 0 Å². The van der Waals surface area contributed by atoms with E-state index in [1.807, 2.05) is 0 Å². The van der Waals surface area contributed by atoms with Gasteiger partial charge in [-0.2, -0.15) is 0 Å². The molecule has 21 heavy (non-hydrogen) atoms. The summed E-state index contributed by atoms with van der Waals surface area (Å²) in [6.07, 6.45) is 4.38. The van der Waals surface area contributed by atoms with Crippen molar-refractivity contribution in [3.05, 3.63) is 23.8 Å². The Morgan fingerprint density at radius 2 is 1.95 bits per heavy atom. The highest BCUT2D eigenvalue weighted by Gasteiger charge is 2.22. The Bertz CT molecular complexity index is 602. The summed E-state index contributed by atoms with van der Waals surface area (Å²) in [6.45, 7) is 0.234. The molecule has 0 saturated heterocycles. The van der Waals surface area contributed by atoms with E-state index in [9.17, 15) is 17.2 Å². The molecule has 118 valence electrons. The van der Waals surface area contributed by atoms with Gasteiger partial charge in [0.2, 0.25) is 10.0 Å². The highest BCUT2D eigenvalue weighted by molar-refractivity contribution is 7.89. The van der Waals surface area contributed by atoms with Crippen molar-refractivity contribution < 1.29 is 21.9 Å². The summed E-state index contributed by atoms with van der Waals surface area (Å²) in [5.41, 5.74) is 4.34. The molecular formula is C13H18F2N2O3S. The average Bonchev–Trinajstić information content (AvgIpc) is 2.94. The van der Waals surface area contributed by atoms with Gasteiger partial charge in [0, 0.05) is 6.54 Å². The molecular weight excluding hydrogens is 302 g/mol. The van der Waals surface area contributed by atoms with E-state index in [-0.39, 0.29) is 19.3 Å². The van der Waals surface area contributed by atoms with Crippen LogP contribution in [0.25, 0.3) is 0 Å². The maximum absolute atomic E-state index is 13.7. The van der Waals surface area contributed by atoms with Gasteiger partial charge in [-0.05, 0) is 25.0 Å². The lowest BCUT2D eigenvalue weighted by Gasteiger charge is -2.12. The van der Waals surface area contributed by atoms with Gasteiger partial charge in [-0.25, -0.2) is 21.9 Å². The molecule has 1 saturated carbocycles. The summed E-state index contributed by atoms with van der Waals surface area (Å²) >= 11 is 0. The lowest BCUT2D eigenvalue weighted by atomic mass is 10.3. The second-order valence-electron chi connectivity index (χ2n) is 4.95. The van der Waals surface area contributed by atoms with Gasteiger partial charge in [-0.15, -0.1) is 0 Å². The van der Waals surface area contributed by atoms with Crippen molar-refractivity contribution in [3.8, 4) is 0 Å². The first-order valence-corrected chi connectivity index (χ1v) is 8.25. The third-order valence-electron chi connectivity index (χ3n) is 3.43. The number of hydrogen-bond acceptors (Lipinski definition) is 4. The molecule has 0 radical (unpaired) electrons. The minimum atomic E-state index is -4.08. The van der Waals surface area contributed by atoms with Crippen LogP contribution in [0.3, 0.4) is 0 Å². The molecule has 1 aromatic rings. The van der Waals surface area contributed by atoms with Crippen molar-refractivity contribution in [2.24, 2.45) is 0 Å². The third kappa shape index (κ3) is 3.90. The van der Waals surface area contributed by atoms with E-state index in [2.05, 4.69) is 4.72 Å². The number of nitrogens with two attached hydrogens (primary N) is 1. The maximum atomic E-state index is 13.7. The summed E-state index contributed by atoms with van der Waals surface area (Å²) < 4.78 is 58.3. The molecule has 5 nitrogen and oxygen atoms in total. The highest BCUT2D eigenvalue weighted by Crippen LogP contribution is 2.23. The third-order valence-corrected chi connectivity index (χ3v) is 4.91.